The zero-order valence-electron chi connectivity index (χ0n) is 11.4. The van der Waals surface area contributed by atoms with Gasteiger partial charge in [-0.3, -0.25) is 9.59 Å². The number of hydrogen-bond acceptors (Lipinski definition) is 6. The van der Waals surface area contributed by atoms with Gasteiger partial charge < -0.3 is 4.74 Å². The molecule has 2 heterocycles. The molecule has 0 atom stereocenters. The first-order valence-electron chi connectivity index (χ1n) is 6.15. The normalized spacial score (nSPS) is 19.5. The first-order valence-corrected chi connectivity index (χ1v) is 6.96. The van der Waals surface area contributed by atoms with Gasteiger partial charge in [-0.15, -0.1) is 0 Å². The summed E-state index contributed by atoms with van der Waals surface area (Å²) < 4.78 is 5.08. The van der Waals surface area contributed by atoms with E-state index in [1.54, 1.807) is 32.2 Å². The molecule has 0 bridgehead atoms. The van der Waals surface area contributed by atoms with Gasteiger partial charge in [-0.1, -0.05) is 12.1 Å². The lowest BCUT2D eigenvalue weighted by Crippen LogP contribution is -2.32. The molecule has 0 aromatic heterocycles. The average molecular weight is 301 g/mol. The molecule has 1 amide bonds. The summed E-state index contributed by atoms with van der Waals surface area (Å²) in [6.07, 6.45) is 1.66. The minimum atomic E-state index is -0.333. The van der Waals surface area contributed by atoms with E-state index in [-0.39, 0.29) is 22.4 Å². The Labute approximate surface area is 125 Å². The highest BCUT2D eigenvalue weighted by atomic mass is 32.2. The van der Waals surface area contributed by atoms with Crippen molar-refractivity contribution in [1.82, 2.24) is 5.01 Å². The van der Waals surface area contributed by atoms with E-state index in [0.29, 0.717) is 5.17 Å². The zero-order chi connectivity index (χ0) is 15.0. The molecule has 3 rings (SSSR count). The Morgan fingerprint density at radius 1 is 1.24 bits per heavy atom. The third-order valence-corrected chi connectivity index (χ3v) is 3.88. The first-order chi connectivity index (χ1) is 10.1. The van der Waals surface area contributed by atoms with Gasteiger partial charge in [0.05, 0.1) is 7.11 Å². The van der Waals surface area contributed by atoms with Crippen LogP contribution in [-0.2, 0) is 9.59 Å². The molecule has 2 aliphatic rings. The molecule has 2 aliphatic heterocycles. The molecule has 0 radical (unpaired) electrons. The van der Waals surface area contributed by atoms with Crippen LogP contribution in [0.5, 0.6) is 5.75 Å². The Morgan fingerprint density at radius 3 is 2.62 bits per heavy atom. The summed E-state index contributed by atoms with van der Waals surface area (Å²) in [6.45, 7) is 1.57. The number of rotatable bonds is 2. The van der Waals surface area contributed by atoms with Crippen LogP contribution in [0.3, 0.4) is 0 Å². The number of amidine groups is 1. The molecule has 0 saturated heterocycles. The molecule has 21 heavy (non-hydrogen) atoms. The van der Waals surface area contributed by atoms with Crippen LogP contribution in [0, 0.1) is 0 Å². The van der Waals surface area contributed by atoms with Crippen LogP contribution in [0.15, 0.2) is 40.1 Å². The van der Waals surface area contributed by atoms with Gasteiger partial charge in [0.1, 0.15) is 17.2 Å². The van der Waals surface area contributed by atoms with E-state index in [9.17, 15) is 9.59 Å². The molecule has 7 heteroatoms. The number of hydrogen-bond donors (Lipinski definition) is 0. The molecule has 6 nitrogen and oxygen atoms in total. The lowest BCUT2D eigenvalue weighted by Gasteiger charge is -2.15. The van der Waals surface area contributed by atoms with Crippen molar-refractivity contribution < 1.29 is 14.3 Å². The highest BCUT2D eigenvalue weighted by Crippen LogP contribution is 2.28. The summed E-state index contributed by atoms with van der Waals surface area (Å²) in [5.74, 6) is 0.403. The fourth-order valence-electron chi connectivity index (χ4n) is 1.85. The van der Waals surface area contributed by atoms with Gasteiger partial charge in [-0.25, -0.2) is 4.99 Å². The Morgan fingerprint density at radius 2 is 1.95 bits per heavy atom. The van der Waals surface area contributed by atoms with Crippen molar-refractivity contribution in [3.63, 3.8) is 0 Å². The van der Waals surface area contributed by atoms with Crippen molar-refractivity contribution in [3.8, 4) is 5.75 Å². The van der Waals surface area contributed by atoms with Gasteiger partial charge in [-0.05, 0) is 42.5 Å². The van der Waals surface area contributed by atoms with Crippen molar-refractivity contribution in [1.29, 1.82) is 0 Å². The van der Waals surface area contributed by atoms with E-state index < -0.39 is 0 Å². The fraction of sp³-hybridized carbons (Fsp3) is 0.143. The van der Waals surface area contributed by atoms with Crippen molar-refractivity contribution in [2.45, 2.75) is 6.92 Å². The predicted octanol–water partition coefficient (Wildman–Crippen LogP) is 1.88. The summed E-state index contributed by atoms with van der Waals surface area (Å²) in [4.78, 5) is 27.9. The third-order valence-electron chi connectivity index (χ3n) is 2.96. The molecular weight excluding hydrogens is 290 g/mol. The van der Waals surface area contributed by atoms with Crippen molar-refractivity contribution >= 4 is 39.7 Å². The van der Waals surface area contributed by atoms with E-state index in [1.807, 2.05) is 12.1 Å². The van der Waals surface area contributed by atoms with Gasteiger partial charge >= 0.3 is 0 Å². The predicted molar refractivity (Wildman–Crippen MR) is 81.0 cm³/mol. The maximum Gasteiger partial charge on any atom is 0.299 e. The van der Waals surface area contributed by atoms with Gasteiger partial charge in [0, 0.05) is 0 Å². The number of methoxy groups -OCH3 is 1. The van der Waals surface area contributed by atoms with Crippen LogP contribution in [0.2, 0.25) is 0 Å². The smallest absolute Gasteiger partial charge is 0.299 e. The second-order valence-corrected chi connectivity index (χ2v) is 5.33. The molecule has 0 saturated carbocycles. The zero-order valence-corrected chi connectivity index (χ0v) is 12.2. The number of hydrazone groups is 1. The molecule has 1 aromatic carbocycles. The van der Waals surface area contributed by atoms with Crippen LogP contribution in [-0.4, -0.2) is 34.0 Å². The molecule has 0 spiro atoms. The number of aliphatic imine (C=N–C) groups is 1. The Kier molecular flexibility index (Phi) is 3.34. The highest BCUT2D eigenvalue weighted by Gasteiger charge is 2.36. The highest BCUT2D eigenvalue weighted by molar-refractivity contribution is 8.27. The first kappa shape index (κ1) is 13.6. The minimum Gasteiger partial charge on any atom is -0.497 e. The average Bonchev–Trinajstić information content (AvgIpc) is 2.77. The maximum atomic E-state index is 12.2. The van der Waals surface area contributed by atoms with Crippen LogP contribution in [0.1, 0.15) is 12.5 Å². The Hall–Kier alpha value is -2.41. The van der Waals surface area contributed by atoms with Crippen molar-refractivity contribution in [3.05, 3.63) is 35.5 Å². The monoisotopic (exact) mass is 301 g/mol. The molecule has 0 N–H and O–H groups in total. The molecule has 1 aromatic rings. The SMILES string of the molecule is COc1ccc(C=C2N=C3SC(=O)C(C)=NN3C2=O)cc1. The van der Waals surface area contributed by atoms with E-state index >= 15 is 0 Å². The van der Waals surface area contributed by atoms with Crippen LogP contribution in [0.25, 0.3) is 6.08 Å². The minimum absolute atomic E-state index is 0.191. The largest absolute Gasteiger partial charge is 0.497 e. The number of carbonyl (C=O) groups is 2. The second kappa shape index (κ2) is 5.17. The Balaban J connectivity index is 1.92. The van der Waals surface area contributed by atoms with Crippen molar-refractivity contribution in [2.24, 2.45) is 10.1 Å². The summed E-state index contributed by atoms with van der Waals surface area (Å²) >= 11 is 0.914. The summed E-state index contributed by atoms with van der Waals surface area (Å²) in [6, 6.07) is 7.24. The standard InChI is InChI=1S/C14H11N3O3S/c1-8-13(19)21-14-15-11(12(18)17(14)16-8)7-9-3-5-10(20-2)6-4-9/h3-7H,1-2H3. The van der Waals surface area contributed by atoms with E-state index in [2.05, 4.69) is 10.1 Å². The number of thioether (sulfide) groups is 1. The molecule has 0 aliphatic carbocycles. The number of nitrogens with zero attached hydrogens (tertiary/aromatic N) is 3. The number of benzene rings is 1. The van der Waals surface area contributed by atoms with Gasteiger partial charge in [0.25, 0.3) is 5.91 Å². The van der Waals surface area contributed by atoms with Crippen molar-refractivity contribution in [2.75, 3.05) is 7.11 Å². The van der Waals surface area contributed by atoms with Gasteiger partial charge in [0.15, 0.2) is 0 Å². The van der Waals surface area contributed by atoms with E-state index in [1.165, 1.54) is 0 Å². The maximum absolute atomic E-state index is 12.2. The second-order valence-electron chi connectivity index (χ2n) is 4.39. The third kappa shape index (κ3) is 2.47. The van der Waals surface area contributed by atoms with Gasteiger partial charge in [0.2, 0.25) is 10.3 Å². The molecule has 0 fully saturated rings. The fourth-order valence-corrected chi connectivity index (χ4v) is 2.56. The number of carbonyl (C=O) groups excluding carboxylic acids is 2. The van der Waals surface area contributed by atoms with Gasteiger partial charge in [-0.2, -0.15) is 10.1 Å². The number of ether oxygens (including phenoxy) is 1. The molecule has 0 unspecified atom stereocenters. The van der Waals surface area contributed by atoms with E-state index in [0.717, 1.165) is 28.1 Å². The summed E-state index contributed by atoms with van der Waals surface area (Å²) in [5.41, 5.74) is 1.37. The van der Waals surface area contributed by atoms with Crippen LogP contribution >= 0.6 is 11.8 Å². The number of amides is 1. The topological polar surface area (TPSA) is 71.3 Å². The number of fused-ring (bicyclic) bond motifs is 1. The lowest BCUT2D eigenvalue weighted by molar-refractivity contribution is -0.122. The van der Waals surface area contributed by atoms with E-state index in [4.69, 9.17) is 4.74 Å². The summed E-state index contributed by atoms with van der Waals surface area (Å²) in [7, 11) is 1.59. The quantitative estimate of drug-likeness (QED) is 0.782. The lowest BCUT2D eigenvalue weighted by atomic mass is 10.2. The van der Waals surface area contributed by atoms with Crippen LogP contribution < -0.4 is 4.74 Å². The summed E-state index contributed by atoms with van der Waals surface area (Å²) in [5, 5.41) is 5.24. The van der Waals surface area contributed by atoms with Crippen LogP contribution in [0.4, 0.5) is 0 Å². The molecule has 106 valence electrons. The molecular formula is C14H11N3O3S. The Bertz CT molecular complexity index is 719.